The Morgan fingerprint density at radius 2 is 2.11 bits per heavy atom. The Balaban J connectivity index is 1.90. The molecule has 0 radical (unpaired) electrons. The molecule has 1 aromatic carbocycles. The van der Waals surface area contributed by atoms with Crippen molar-refractivity contribution in [3.05, 3.63) is 57.7 Å². The van der Waals surface area contributed by atoms with Crippen molar-refractivity contribution in [2.45, 2.75) is 6.54 Å². The molecule has 19 heavy (non-hydrogen) atoms. The average molecular weight is 341 g/mol. The highest BCUT2D eigenvalue weighted by molar-refractivity contribution is 9.10. The second-order valence-corrected chi connectivity index (χ2v) is 5.08. The van der Waals surface area contributed by atoms with Crippen LogP contribution >= 0.6 is 27.5 Å². The molecule has 2 aromatic rings. The van der Waals surface area contributed by atoms with Crippen LogP contribution in [0, 0.1) is 0 Å². The quantitative estimate of drug-likeness (QED) is 0.892. The molecule has 0 unspecified atom stereocenters. The number of nitrogens with one attached hydrogen (secondary N) is 2. The number of carbonyl (C=O) groups excluding carboxylic acids is 1. The van der Waals surface area contributed by atoms with Gasteiger partial charge in [0, 0.05) is 22.2 Å². The van der Waals surface area contributed by atoms with Crippen LogP contribution < -0.4 is 10.6 Å². The van der Waals surface area contributed by atoms with Crippen LogP contribution in [-0.2, 0) is 6.54 Å². The molecule has 0 saturated carbocycles. The molecule has 1 aromatic heterocycles. The van der Waals surface area contributed by atoms with Crippen LogP contribution in [-0.4, -0.2) is 11.0 Å². The van der Waals surface area contributed by atoms with Crippen molar-refractivity contribution in [3.63, 3.8) is 0 Å². The van der Waals surface area contributed by atoms with Gasteiger partial charge in [-0.15, -0.1) is 0 Å². The van der Waals surface area contributed by atoms with E-state index in [4.69, 9.17) is 11.6 Å². The molecule has 2 rings (SSSR count). The van der Waals surface area contributed by atoms with Crippen molar-refractivity contribution in [1.29, 1.82) is 0 Å². The first-order valence-corrected chi connectivity index (χ1v) is 6.72. The molecule has 6 heteroatoms. The second kappa shape index (κ2) is 6.54. The summed E-state index contributed by atoms with van der Waals surface area (Å²) >= 11 is 9.31. The van der Waals surface area contributed by atoms with Crippen molar-refractivity contribution in [3.8, 4) is 0 Å². The largest absolute Gasteiger partial charge is 0.334 e. The van der Waals surface area contributed by atoms with Gasteiger partial charge in [-0.1, -0.05) is 45.7 Å². The Morgan fingerprint density at radius 3 is 2.84 bits per heavy atom. The van der Waals surface area contributed by atoms with E-state index in [9.17, 15) is 4.79 Å². The standard InChI is InChI=1S/C13H11BrClN3O/c14-10-5-6-16-12(7-10)18-13(19)17-8-9-3-1-2-4-11(9)15/h1-7H,8H2,(H2,16,17,18,19). The molecule has 0 spiro atoms. The topological polar surface area (TPSA) is 54.0 Å². The summed E-state index contributed by atoms with van der Waals surface area (Å²) in [5, 5.41) is 5.98. The molecule has 0 aliphatic rings. The summed E-state index contributed by atoms with van der Waals surface area (Å²) in [6.45, 7) is 0.361. The van der Waals surface area contributed by atoms with E-state index in [0.717, 1.165) is 10.0 Å². The zero-order valence-corrected chi connectivity index (χ0v) is 12.2. The van der Waals surface area contributed by atoms with Gasteiger partial charge in [-0.2, -0.15) is 0 Å². The number of amides is 2. The predicted octanol–water partition coefficient (Wildman–Crippen LogP) is 3.82. The number of nitrogens with zero attached hydrogens (tertiary/aromatic N) is 1. The highest BCUT2D eigenvalue weighted by Gasteiger charge is 2.04. The van der Waals surface area contributed by atoms with Crippen molar-refractivity contribution in [2.24, 2.45) is 0 Å². The van der Waals surface area contributed by atoms with Gasteiger partial charge in [-0.25, -0.2) is 9.78 Å². The molecule has 1 heterocycles. The summed E-state index contributed by atoms with van der Waals surface area (Å²) in [6, 6.07) is 10.5. The molecule has 0 saturated heterocycles. The van der Waals surface area contributed by atoms with E-state index < -0.39 is 0 Å². The van der Waals surface area contributed by atoms with Crippen LogP contribution in [0.15, 0.2) is 47.1 Å². The third kappa shape index (κ3) is 4.22. The van der Waals surface area contributed by atoms with Gasteiger partial charge < -0.3 is 5.32 Å². The fraction of sp³-hybridized carbons (Fsp3) is 0.0769. The number of pyridine rings is 1. The van der Waals surface area contributed by atoms with E-state index in [1.165, 1.54) is 0 Å². The molecular weight excluding hydrogens is 330 g/mol. The second-order valence-electron chi connectivity index (χ2n) is 3.76. The Labute approximate surface area is 124 Å². The molecule has 4 nitrogen and oxygen atoms in total. The van der Waals surface area contributed by atoms with Gasteiger partial charge in [0.1, 0.15) is 5.82 Å². The van der Waals surface area contributed by atoms with Crippen molar-refractivity contribution in [2.75, 3.05) is 5.32 Å². The van der Waals surface area contributed by atoms with Crippen LogP contribution in [0.1, 0.15) is 5.56 Å². The number of aromatic nitrogens is 1. The van der Waals surface area contributed by atoms with Gasteiger partial charge in [0.15, 0.2) is 0 Å². The van der Waals surface area contributed by atoms with Crippen molar-refractivity contribution < 1.29 is 4.79 Å². The lowest BCUT2D eigenvalue weighted by Gasteiger charge is -2.08. The van der Waals surface area contributed by atoms with E-state index in [-0.39, 0.29) is 6.03 Å². The molecule has 2 amide bonds. The van der Waals surface area contributed by atoms with Gasteiger partial charge in [0.2, 0.25) is 0 Å². The minimum atomic E-state index is -0.328. The fourth-order valence-corrected chi connectivity index (χ4v) is 1.99. The maximum Gasteiger partial charge on any atom is 0.320 e. The minimum absolute atomic E-state index is 0.328. The van der Waals surface area contributed by atoms with Gasteiger partial charge in [-0.3, -0.25) is 5.32 Å². The fourth-order valence-electron chi connectivity index (χ4n) is 1.45. The van der Waals surface area contributed by atoms with E-state index >= 15 is 0 Å². The predicted molar refractivity (Wildman–Crippen MR) is 79.2 cm³/mol. The summed E-state index contributed by atoms with van der Waals surface area (Å²) in [5.74, 6) is 0.478. The third-order valence-electron chi connectivity index (χ3n) is 2.36. The van der Waals surface area contributed by atoms with Crippen LogP contribution in [0.4, 0.5) is 10.6 Å². The third-order valence-corrected chi connectivity index (χ3v) is 3.22. The van der Waals surface area contributed by atoms with E-state index in [1.54, 1.807) is 24.4 Å². The van der Waals surface area contributed by atoms with Gasteiger partial charge in [-0.05, 0) is 23.8 Å². The minimum Gasteiger partial charge on any atom is -0.334 e. The van der Waals surface area contributed by atoms with Crippen LogP contribution in [0.2, 0.25) is 5.02 Å². The number of anilines is 1. The number of rotatable bonds is 3. The van der Waals surface area contributed by atoms with Gasteiger partial charge >= 0.3 is 6.03 Å². The maximum atomic E-state index is 11.7. The van der Waals surface area contributed by atoms with Crippen molar-refractivity contribution in [1.82, 2.24) is 10.3 Å². The molecule has 0 bridgehead atoms. The Kier molecular flexibility index (Phi) is 4.76. The zero-order valence-electron chi connectivity index (χ0n) is 9.86. The average Bonchev–Trinajstić information content (AvgIpc) is 2.38. The molecule has 0 aliphatic heterocycles. The van der Waals surface area contributed by atoms with E-state index in [2.05, 4.69) is 31.5 Å². The first kappa shape index (κ1) is 13.8. The van der Waals surface area contributed by atoms with Crippen LogP contribution in [0.25, 0.3) is 0 Å². The summed E-state index contributed by atoms with van der Waals surface area (Å²) in [4.78, 5) is 15.7. The molecule has 0 atom stereocenters. The Morgan fingerprint density at radius 1 is 1.32 bits per heavy atom. The Bertz CT molecular complexity index is 592. The molecule has 0 aliphatic carbocycles. The zero-order chi connectivity index (χ0) is 13.7. The van der Waals surface area contributed by atoms with Crippen LogP contribution in [0.5, 0.6) is 0 Å². The molecule has 0 fully saturated rings. The first-order valence-electron chi connectivity index (χ1n) is 5.55. The Hall–Kier alpha value is -1.59. The molecule has 98 valence electrons. The monoisotopic (exact) mass is 339 g/mol. The summed E-state index contributed by atoms with van der Waals surface area (Å²) in [6.07, 6.45) is 1.60. The maximum absolute atomic E-state index is 11.7. The summed E-state index contributed by atoms with van der Waals surface area (Å²) in [5.41, 5.74) is 0.863. The number of hydrogen-bond donors (Lipinski definition) is 2. The lowest BCUT2D eigenvalue weighted by Crippen LogP contribution is -2.28. The summed E-state index contributed by atoms with van der Waals surface area (Å²) < 4.78 is 0.851. The smallest absolute Gasteiger partial charge is 0.320 e. The number of hydrogen-bond acceptors (Lipinski definition) is 2. The highest BCUT2D eigenvalue weighted by atomic mass is 79.9. The van der Waals surface area contributed by atoms with E-state index in [0.29, 0.717) is 17.4 Å². The van der Waals surface area contributed by atoms with E-state index in [1.807, 2.05) is 18.2 Å². The van der Waals surface area contributed by atoms with Crippen LogP contribution in [0.3, 0.4) is 0 Å². The number of carbonyl (C=O) groups is 1. The lowest BCUT2D eigenvalue weighted by atomic mass is 10.2. The van der Waals surface area contributed by atoms with Gasteiger partial charge in [0.05, 0.1) is 0 Å². The number of halogens is 2. The molecular formula is C13H11BrClN3O. The number of urea groups is 1. The van der Waals surface area contributed by atoms with Gasteiger partial charge in [0.25, 0.3) is 0 Å². The highest BCUT2D eigenvalue weighted by Crippen LogP contribution is 2.15. The normalized spacial score (nSPS) is 10.0. The lowest BCUT2D eigenvalue weighted by molar-refractivity contribution is 0.251. The van der Waals surface area contributed by atoms with Crippen molar-refractivity contribution >= 4 is 39.4 Å². The molecule has 2 N–H and O–H groups in total. The SMILES string of the molecule is O=C(NCc1ccccc1Cl)Nc1cc(Br)ccn1. The number of benzene rings is 1. The summed E-state index contributed by atoms with van der Waals surface area (Å²) in [7, 11) is 0. The first-order chi connectivity index (χ1) is 9.15.